The molecular formula is C16H25N3O2. The van der Waals surface area contributed by atoms with Crippen molar-refractivity contribution in [1.29, 1.82) is 0 Å². The molecule has 2 saturated heterocycles. The van der Waals surface area contributed by atoms with Gasteiger partial charge in [0.25, 0.3) is 0 Å². The molecule has 2 unspecified atom stereocenters. The third-order valence-electron chi connectivity index (χ3n) is 4.87. The average molecular weight is 291 g/mol. The van der Waals surface area contributed by atoms with Crippen LogP contribution in [0, 0.1) is 5.92 Å². The third kappa shape index (κ3) is 3.61. The van der Waals surface area contributed by atoms with Crippen LogP contribution in [-0.2, 0) is 15.9 Å². The van der Waals surface area contributed by atoms with Gasteiger partial charge in [-0.2, -0.15) is 0 Å². The molecule has 0 amide bonds. The molecule has 2 aliphatic heterocycles. The lowest BCUT2D eigenvalue weighted by atomic mass is 9.77. The molecule has 2 atom stereocenters. The van der Waals surface area contributed by atoms with E-state index in [-0.39, 0.29) is 11.6 Å². The monoisotopic (exact) mass is 291 g/mol. The van der Waals surface area contributed by atoms with Gasteiger partial charge >= 0.3 is 0 Å². The van der Waals surface area contributed by atoms with Gasteiger partial charge < -0.3 is 9.47 Å². The summed E-state index contributed by atoms with van der Waals surface area (Å²) in [5.41, 5.74) is 4.12. The van der Waals surface area contributed by atoms with E-state index in [1.54, 1.807) is 0 Å². The summed E-state index contributed by atoms with van der Waals surface area (Å²) in [7, 11) is 0. The quantitative estimate of drug-likeness (QED) is 0.649. The van der Waals surface area contributed by atoms with Crippen LogP contribution in [-0.4, -0.2) is 36.4 Å². The Morgan fingerprint density at radius 2 is 2.19 bits per heavy atom. The molecule has 5 heteroatoms. The van der Waals surface area contributed by atoms with Crippen LogP contribution in [0.1, 0.15) is 31.4 Å². The lowest BCUT2D eigenvalue weighted by Gasteiger charge is -2.45. The fourth-order valence-electron chi connectivity index (χ4n) is 3.61. The van der Waals surface area contributed by atoms with Gasteiger partial charge in [-0.3, -0.25) is 16.3 Å². The van der Waals surface area contributed by atoms with E-state index in [0.29, 0.717) is 5.92 Å². The molecule has 1 aromatic heterocycles. The lowest BCUT2D eigenvalue weighted by molar-refractivity contribution is -0.150. The molecule has 2 aliphatic rings. The first kappa shape index (κ1) is 14.9. The second kappa shape index (κ2) is 6.83. The Hall–Kier alpha value is -1.01. The summed E-state index contributed by atoms with van der Waals surface area (Å²) in [5.74, 6) is 6.36. The topological polar surface area (TPSA) is 69.4 Å². The molecule has 0 aliphatic carbocycles. The van der Waals surface area contributed by atoms with Crippen molar-refractivity contribution in [1.82, 2.24) is 10.4 Å². The molecule has 5 nitrogen and oxygen atoms in total. The predicted octanol–water partition coefficient (Wildman–Crippen LogP) is 1.43. The van der Waals surface area contributed by atoms with Crippen LogP contribution in [0.25, 0.3) is 0 Å². The van der Waals surface area contributed by atoms with Crippen molar-refractivity contribution in [2.75, 3.05) is 19.8 Å². The summed E-state index contributed by atoms with van der Waals surface area (Å²) in [6.45, 7) is 2.45. The number of nitrogens with one attached hydrogen (secondary N) is 1. The van der Waals surface area contributed by atoms with Crippen LogP contribution >= 0.6 is 0 Å². The SMILES string of the molecule is NNC(Cc1ccccn1)C1CCOC2(CCOCC2)C1. The summed E-state index contributed by atoms with van der Waals surface area (Å²) < 4.78 is 11.6. The van der Waals surface area contributed by atoms with Crippen molar-refractivity contribution in [3.63, 3.8) is 0 Å². The van der Waals surface area contributed by atoms with Gasteiger partial charge in [0.2, 0.25) is 0 Å². The first-order chi connectivity index (χ1) is 10.3. The minimum Gasteiger partial charge on any atom is -0.381 e. The third-order valence-corrected chi connectivity index (χ3v) is 4.87. The van der Waals surface area contributed by atoms with Gasteiger partial charge in [0, 0.05) is 44.2 Å². The molecule has 3 N–H and O–H groups in total. The molecule has 2 fully saturated rings. The number of pyridine rings is 1. The van der Waals surface area contributed by atoms with Crippen molar-refractivity contribution in [2.45, 2.75) is 43.7 Å². The number of hydrogen-bond donors (Lipinski definition) is 2. The Morgan fingerprint density at radius 1 is 1.33 bits per heavy atom. The highest BCUT2D eigenvalue weighted by atomic mass is 16.5. The number of ether oxygens (including phenoxy) is 2. The zero-order valence-electron chi connectivity index (χ0n) is 12.5. The highest BCUT2D eigenvalue weighted by Gasteiger charge is 2.41. The van der Waals surface area contributed by atoms with Crippen LogP contribution in [0.5, 0.6) is 0 Å². The molecule has 0 saturated carbocycles. The number of aromatic nitrogens is 1. The van der Waals surface area contributed by atoms with E-state index < -0.39 is 0 Å². The highest BCUT2D eigenvalue weighted by Crippen LogP contribution is 2.38. The van der Waals surface area contributed by atoms with Gasteiger partial charge in [-0.1, -0.05) is 6.07 Å². The zero-order valence-corrected chi connectivity index (χ0v) is 12.5. The Kier molecular flexibility index (Phi) is 4.85. The number of rotatable bonds is 4. The summed E-state index contributed by atoms with van der Waals surface area (Å²) in [5, 5.41) is 0. The van der Waals surface area contributed by atoms with Crippen LogP contribution < -0.4 is 11.3 Å². The van der Waals surface area contributed by atoms with Crippen molar-refractivity contribution in [3.8, 4) is 0 Å². The molecule has 1 aromatic rings. The van der Waals surface area contributed by atoms with Gasteiger partial charge in [-0.25, -0.2) is 0 Å². The maximum atomic E-state index is 6.12. The van der Waals surface area contributed by atoms with E-state index in [0.717, 1.165) is 57.6 Å². The number of nitrogens with zero attached hydrogens (tertiary/aromatic N) is 1. The fourth-order valence-corrected chi connectivity index (χ4v) is 3.61. The first-order valence-corrected chi connectivity index (χ1v) is 7.89. The van der Waals surface area contributed by atoms with Crippen molar-refractivity contribution < 1.29 is 9.47 Å². The Labute approximate surface area is 126 Å². The van der Waals surface area contributed by atoms with Crippen LogP contribution in [0.4, 0.5) is 0 Å². The van der Waals surface area contributed by atoms with Crippen LogP contribution in [0.15, 0.2) is 24.4 Å². The van der Waals surface area contributed by atoms with E-state index in [1.165, 1.54) is 0 Å². The lowest BCUT2D eigenvalue weighted by Crippen LogP contribution is -2.51. The molecule has 0 radical (unpaired) electrons. The maximum absolute atomic E-state index is 6.12. The average Bonchev–Trinajstić information content (AvgIpc) is 2.54. The first-order valence-electron chi connectivity index (χ1n) is 7.89. The summed E-state index contributed by atoms with van der Waals surface area (Å²) >= 11 is 0. The fraction of sp³-hybridized carbons (Fsp3) is 0.688. The molecule has 3 heterocycles. The van der Waals surface area contributed by atoms with Crippen LogP contribution in [0.2, 0.25) is 0 Å². The van der Waals surface area contributed by atoms with E-state index in [1.807, 2.05) is 18.3 Å². The smallest absolute Gasteiger partial charge is 0.0729 e. The second-order valence-corrected chi connectivity index (χ2v) is 6.20. The zero-order chi connectivity index (χ0) is 14.5. The van der Waals surface area contributed by atoms with Crippen molar-refractivity contribution in [2.24, 2.45) is 11.8 Å². The largest absolute Gasteiger partial charge is 0.381 e. The van der Waals surface area contributed by atoms with Gasteiger partial charge in [0.05, 0.1) is 5.60 Å². The molecule has 21 heavy (non-hydrogen) atoms. The van der Waals surface area contributed by atoms with E-state index >= 15 is 0 Å². The minimum absolute atomic E-state index is 0.0143. The van der Waals surface area contributed by atoms with Gasteiger partial charge in [-0.15, -0.1) is 0 Å². The molecule has 1 spiro atoms. The predicted molar refractivity (Wildman–Crippen MR) is 80.5 cm³/mol. The van der Waals surface area contributed by atoms with Gasteiger partial charge in [-0.05, 0) is 43.7 Å². The summed E-state index contributed by atoms with van der Waals surface area (Å²) in [6.07, 6.45) is 6.85. The number of hydrogen-bond acceptors (Lipinski definition) is 5. The Bertz CT molecular complexity index is 429. The Balaban J connectivity index is 1.65. The van der Waals surface area contributed by atoms with Crippen molar-refractivity contribution >= 4 is 0 Å². The molecule has 0 bridgehead atoms. The molecule has 116 valence electrons. The van der Waals surface area contributed by atoms with Gasteiger partial charge in [0.15, 0.2) is 0 Å². The Morgan fingerprint density at radius 3 is 2.90 bits per heavy atom. The van der Waals surface area contributed by atoms with Gasteiger partial charge in [0.1, 0.15) is 0 Å². The minimum atomic E-state index is 0.0143. The summed E-state index contributed by atoms with van der Waals surface area (Å²) in [4.78, 5) is 4.42. The maximum Gasteiger partial charge on any atom is 0.0729 e. The second-order valence-electron chi connectivity index (χ2n) is 6.20. The number of nitrogens with two attached hydrogens (primary N) is 1. The highest BCUT2D eigenvalue weighted by molar-refractivity contribution is 5.06. The summed E-state index contributed by atoms with van der Waals surface area (Å²) in [6, 6.07) is 6.29. The van der Waals surface area contributed by atoms with Crippen molar-refractivity contribution in [3.05, 3.63) is 30.1 Å². The van der Waals surface area contributed by atoms with E-state index in [2.05, 4.69) is 16.5 Å². The van der Waals surface area contributed by atoms with E-state index in [4.69, 9.17) is 15.3 Å². The molecular weight excluding hydrogens is 266 g/mol. The van der Waals surface area contributed by atoms with Crippen LogP contribution in [0.3, 0.4) is 0 Å². The standard InChI is InChI=1S/C16H25N3O2/c17-19-15(11-14-3-1-2-7-18-14)13-4-8-21-16(12-13)5-9-20-10-6-16/h1-3,7,13,15,19H,4-6,8-12,17H2. The molecule has 0 aromatic carbocycles. The normalized spacial score (nSPS) is 26.6. The number of hydrazine groups is 1. The van der Waals surface area contributed by atoms with E-state index in [9.17, 15) is 0 Å². The molecule has 3 rings (SSSR count).